The van der Waals surface area contributed by atoms with Gasteiger partial charge in [-0.05, 0) is 11.6 Å². The molecule has 0 heterocycles. The second-order valence-electron chi connectivity index (χ2n) is 6.29. The Morgan fingerprint density at radius 3 is 2.36 bits per heavy atom. The number of rotatable bonds is 7. The number of benzene rings is 1. The first-order valence-corrected chi connectivity index (χ1v) is 12.4. The van der Waals surface area contributed by atoms with Crippen LogP contribution in [-0.4, -0.2) is 22.2 Å². The third-order valence-corrected chi connectivity index (χ3v) is 6.60. The van der Waals surface area contributed by atoms with Gasteiger partial charge in [-0.2, -0.15) is 5.26 Å². The van der Waals surface area contributed by atoms with Crippen LogP contribution in [0.25, 0.3) is 0 Å². The molecule has 0 unspecified atom stereocenters. The Hall–Kier alpha value is -1.64. The fraction of sp³-hybridized carbons (Fsp3) is 0.375. The van der Waals surface area contributed by atoms with Crippen molar-refractivity contribution in [2.24, 2.45) is 0 Å². The van der Waals surface area contributed by atoms with Crippen LogP contribution >= 0.6 is 0 Å². The van der Waals surface area contributed by atoms with E-state index < -0.39 is 24.1 Å². The summed E-state index contributed by atoms with van der Waals surface area (Å²) >= 11 is 0. The zero-order valence-corrected chi connectivity index (χ0v) is 15.1. The van der Waals surface area contributed by atoms with Gasteiger partial charge in [0.25, 0.3) is 0 Å². The van der Waals surface area contributed by atoms with Crippen LogP contribution in [0.5, 0.6) is 0 Å². The topological polar surface area (TPSA) is 70.0 Å². The zero-order chi connectivity index (χ0) is 16.8. The van der Waals surface area contributed by atoms with Gasteiger partial charge in [-0.15, -0.1) is 5.73 Å². The molecule has 0 aromatic heterocycles. The highest BCUT2D eigenvalue weighted by Gasteiger charge is 2.25. The molecule has 0 bridgehead atoms. The van der Waals surface area contributed by atoms with Gasteiger partial charge >= 0.3 is 0 Å². The third-order valence-electron chi connectivity index (χ3n) is 3.15. The lowest BCUT2D eigenvalue weighted by atomic mass is 10.0. The minimum Gasteiger partial charge on any atom is -0.212 e. The van der Waals surface area contributed by atoms with Crippen molar-refractivity contribution < 1.29 is 8.42 Å². The van der Waals surface area contributed by atoms with Crippen LogP contribution in [-0.2, 0) is 10.0 Å². The van der Waals surface area contributed by atoms with E-state index in [2.05, 4.69) is 36.7 Å². The minimum absolute atomic E-state index is 0.0713. The molecule has 0 radical (unpaired) electrons. The number of nitrogens with zero attached hydrogens (tertiary/aromatic N) is 1. The largest absolute Gasteiger partial charge is 0.212 e. The molecule has 0 amide bonds. The second kappa shape index (κ2) is 7.57. The van der Waals surface area contributed by atoms with Gasteiger partial charge in [0.2, 0.25) is 10.0 Å². The summed E-state index contributed by atoms with van der Waals surface area (Å²) in [6.45, 7) is 9.86. The Morgan fingerprint density at radius 2 is 1.91 bits per heavy atom. The van der Waals surface area contributed by atoms with Gasteiger partial charge in [-0.3, -0.25) is 0 Å². The fourth-order valence-electron chi connectivity index (χ4n) is 1.82. The molecule has 118 valence electrons. The van der Waals surface area contributed by atoms with Gasteiger partial charge in [0, 0.05) is 8.07 Å². The van der Waals surface area contributed by atoms with Crippen LogP contribution in [0, 0.1) is 11.3 Å². The standard InChI is InChI=1S/C16H22N2O2SSi/c1-5-14(13-17)16(15-9-7-6-8-10-15)18-21(19,20)11-12-22(2,3)4/h6-10,16,18H,1,11-12H2,2-4H3/t16-/m1/s1. The summed E-state index contributed by atoms with van der Waals surface area (Å²) in [5.41, 5.74) is 3.40. The van der Waals surface area contributed by atoms with Gasteiger partial charge in [-0.25, -0.2) is 13.1 Å². The minimum atomic E-state index is -3.48. The molecule has 1 aromatic rings. The lowest BCUT2D eigenvalue weighted by Crippen LogP contribution is -2.34. The van der Waals surface area contributed by atoms with E-state index >= 15 is 0 Å². The number of hydrogen-bond acceptors (Lipinski definition) is 3. The van der Waals surface area contributed by atoms with Crippen molar-refractivity contribution in [1.29, 1.82) is 5.26 Å². The summed E-state index contributed by atoms with van der Waals surface area (Å²) in [5, 5.41) is 9.20. The van der Waals surface area contributed by atoms with E-state index in [1.165, 1.54) is 0 Å². The van der Waals surface area contributed by atoms with E-state index in [9.17, 15) is 13.7 Å². The first-order chi connectivity index (χ1) is 10.2. The highest BCUT2D eigenvalue weighted by molar-refractivity contribution is 7.89. The summed E-state index contributed by atoms with van der Waals surface area (Å²) < 4.78 is 27.3. The molecule has 0 spiro atoms. The Bertz CT molecular complexity index is 694. The Morgan fingerprint density at radius 1 is 1.32 bits per heavy atom. The molecule has 0 saturated heterocycles. The van der Waals surface area contributed by atoms with Crippen molar-refractivity contribution in [3.8, 4) is 6.07 Å². The molecule has 0 saturated carbocycles. The van der Waals surface area contributed by atoms with Crippen molar-refractivity contribution in [2.45, 2.75) is 31.7 Å². The lowest BCUT2D eigenvalue weighted by molar-refractivity contribution is 0.573. The number of hydrogen-bond donors (Lipinski definition) is 1. The molecule has 0 aliphatic heterocycles. The van der Waals surface area contributed by atoms with Crippen molar-refractivity contribution in [2.75, 3.05) is 5.75 Å². The van der Waals surface area contributed by atoms with Gasteiger partial charge in [0.05, 0.1) is 17.4 Å². The third kappa shape index (κ3) is 6.00. The van der Waals surface area contributed by atoms with Crippen LogP contribution < -0.4 is 4.72 Å². The monoisotopic (exact) mass is 334 g/mol. The van der Waals surface area contributed by atoms with E-state index in [4.69, 9.17) is 0 Å². The van der Waals surface area contributed by atoms with Gasteiger partial charge in [-0.1, -0.05) is 56.6 Å². The Balaban J connectivity index is 3.05. The Labute approximate surface area is 134 Å². The first-order valence-electron chi connectivity index (χ1n) is 7.03. The van der Waals surface area contributed by atoms with E-state index in [-0.39, 0.29) is 11.3 Å². The molecule has 22 heavy (non-hydrogen) atoms. The molecular formula is C16H22N2O2SSi. The lowest BCUT2D eigenvalue weighted by Gasteiger charge is -2.20. The van der Waals surface area contributed by atoms with Crippen LogP contribution in [0.15, 0.2) is 48.2 Å². The van der Waals surface area contributed by atoms with Crippen molar-refractivity contribution >= 4 is 18.1 Å². The molecule has 1 N–H and O–H groups in total. The quantitative estimate of drug-likeness (QED) is 0.473. The maximum atomic E-state index is 12.3. The molecule has 0 fully saturated rings. The number of sulfonamides is 1. The summed E-state index contributed by atoms with van der Waals surface area (Å²) in [5.74, 6) is 0.0713. The van der Waals surface area contributed by atoms with E-state index in [0.717, 1.165) is 0 Å². The average molecular weight is 335 g/mol. The number of nitriles is 1. The van der Waals surface area contributed by atoms with E-state index in [1.54, 1.807) is 24.3 Å². The molecular weight excluding hydrogens is 312 g/mol. The molecule has 4 nitrogen and oxygen atoms in total. The van der Waals surface area contributed by atoms with Crippen molar-refractivity contribution in [3.63, 3.8) is 0 Å². The molecule has 0 aliphatic rings. The van der Waals surface area contributed by atoms with Gasteiger partial charge in [0.1, 0.15) is 6.07 Å². The average Bonchev–Trinajstić information content (AvgIpc) is 2.46. The molecule has 1 aromatic carbocycles. The highest BCUT2D eigenvalue weighted by atomic mass is 32.2. The van der Waals surface area contributed by atoms with Crippen molar-refractivity contribution in [3.05, 3.63) is 53.8 Å². The van der Waals surface area contributed by atoms with Crippen molar-refractivity contribution in [1.82, 2.24) is 4.72 Å². The first kappa shape index (κ1) is 18.4. The van der Waals surface area contributed by atoms with Crippen LogP contribution in [0.2, 0.25) is 25.7 Å². The van der Waals surface area contributed by atoms with Crippen LogP contribution in [0.1, 0.15) is 11.6 Å². The second-order valence-corrected chi connectivity index (χ2v) is 13.8. The molecule has 1 atom stereocenters. The summed E-state index contributed by atoms with van der Waals surface area (Å²) in [6.07, 6.45) is 0. The van der Waals surface area contributed by atoms with E-state index in [1.807, 2.05) is 12.1 Å². The molecule has 1 rings (SSSR count). The van der Waals surface area contributed by atoms with Crippen LogP contribution in [0.4, 0.5) is 0 Å². The normalized spacial score (nSPS) is 13.0. The van der Waals surface area contributed by atoms with Crippen LogP contribution in [0.3, 0.4) is 0 Å². The molecule has 0 aliphatic carbocycles. The highest BCUT2D eigenvalue weighted by Crippen LogP contribution is 2.22. The Kier molecular flexibility index (Phi) is 6.33. The fourth-order valence-corrected chi connectivity index (χ4v) is 6.08. The zero-order valence-electron chi connectivity index (χ0n) is 13.3. The number of nitrogens with one attached hydrogen (secondary N) is 1. The predicted octanol–water partition coefficient (Wildman–Crippen LogP) is 3.22. The summed E-state index contributed by atoms with van der Waals surface area (Å²) in [6, 6.07) is 10.9. The summed E-state index contributed by atoms with van der Waals surface area (Å²) in [7, 11) is -4.94. The van der Waals surface area contributed by atoms with E-state index in [0.29, 0.717) is 11.6 Å². The van der Waals surface area contributed by atoms with Gasteiger partial charge in [0.15, 0.2) is 0 Å². The maximum Gasteiger partial charge on any atom is 0.212 e. The maximum absolute atomic E-state index is 12.3. The smallest absolute Gasteiger partial charge is 0.212 e. The van der Waals surface area contributed by atoms with Gasteiger partial charge < -0.3 is 0 Å². The predicted molar refractivity (Wildman–Crippen MR) is 92.5 cm³/mol. The SMILES string of the molecule is C=C=C(C#N)[C@@H](NS(=O)(=O)CC[Si](C)(C)C)c1ccccc1. The molecule has 6 heteroatoms. The summed E-state index contributed by atoms with van der Waals surface area (Å²) in [4.78, 5) is 0.